The van der Waals surface area contributed by atoms with Gasteiger partial charge in [-0.05, 0) is 30.9 Å². The van der Waals surface area contributed by atoms with Gasteiger partial charge in [0.2, 0.25) is 5.91 Å². The quantitative estimate of drug-likeness (QED) is 0.658. The first-order valence-electron chi connectivity index (χ1n) is 7.63. The molecular formula is C16H23N3O3. The van der Waals surface area contributed by atoms with Gasteiger partial charge in [0.25, 0.3) is 5.91 Å². The van der Waals surface area contributed by atoms with Crippen LogP contribution < -0.4 is 16.4 Å². The van der Waals surface area contributed by atoms with Gasteiger partial charge >= 0.3 is 0 Å². The third-order valence-electron chi connectivity index (χ3n) is 3.82. The highest BCUT2D eigenvalue weighted by molar-refractivity contribution is 5.94. The Morgan fingerprint density at radius 1 is 1.14 bits per heavy atom. The monoisotopic (exact) mass is 305 g/mol. The molecule has 1 aliphatic rings. The van der Waals surface area contributed by atoms with Crippen molar-refractivity contribution in [2.24, 2.45) is 11.7 Å². The van der Waals surface area contributed by atoms with Crippen LogP contribution in [0.4, 0.5) is 0 Å². The molecule has 1 aromatic carbocycles. The highest BCUT2D eigenvalue weighted by atomic mass is 16.5. The number of benzene rings is 1. The zero-order valence-electron chi connectivity index (χ0n) is 12.6. The van der Waals surface area contributed by atoms with Crippen LogP contribution in [0.5, 0.6) is 0 Å². The normalized spacial score (nSPS) is 16.8. The van der Waals surface area contributed by atoms with E-state index in [4.69, 9.17) is 10.5 Å². The van der Waals surface area contributed by atoms with Crippen LogP contribution in [0.25, 0.3) is 0 Å². The predicted molar refractivity (Wildman–Crippen MR) is 83.3 cm³/mol. The number of ether oxygens (including phenoxy) is 1. The first-order chi connectivity index (χ1) is 10.7. The lowest BCUT2D eigenvalue weighted by atomic mass is 9.92. The molecule has 2 rings (SSSR count). The Balaban J connectivity index is 1.65. The van der Waals surface area contributed by atoms with Crippen molar-refractivity contribution in [3.05, 3.63) is 35.9 Å². The number of hydrogen-bond donors (Lipinski definition) is 3. The minimum atomic E-state index is -0.506. The van der Waals surface area contributed by atoms with Crippen LogP contribution in [-0.2, 0) is 9.53 Å². The number of amides is 2. The second kappa shape index (κ2) is 8.51. The molecule has 1 atom stereocenters. The number of carbonyl (C=O) groups excluding carboxylic acids is 2. The van der Waals surface area contributed by atoms with Crippen molar-refractivity contribution in [2.75, 3.05) is 26.3 Å². The minimum absolute atomic E-state index is 0.149. The maximum Gasteiger partial charge on any atom is 0.251 e. The van der Waals surface area contributed by atoms with E-state index in [1.54, 1.807) is 12.1 Å². The summed E-state index contributed by atoms with van der Waals surface area (Å²) in [6, 6.07) is 8.46. The molecule has 6 nitrogen and oxygen atoms in total. The Morgan fingerprint density at radius 3 is 2.45 bits per heavy atom. The van der Waals surface area contributed by atoms with Crippen LogP contribution in [0, 0.1) is 5.92 Å². The molecule has 0 radical (unpaired) electrons. The lowest BCUT2D eigenvalue weighted by molar-refractivity contribution is -0.124. The number of nitrogens with two attached hydrogens (primary N) is 1. The van der Waals surface area contributed by atoms with Crippen molar-refractivity contribution >= 4 is 11.8 Å². The van der Waals surface area contributed by atoms with Crippen molar-refractivity contribution in [2.45, 2.75) is 18.9 Å². The molecule has 22 heavy (non-hydrogen) atoms. The van der Waals surface area contributed by atoms with E-state index in [1.165, 1.54) is 0 Å². The van der Waals surface area contributed by atoms with E-state index in [9.17, 15) is 9.59 Å². The summed E-state index contributed by atoms with van der Waals surface area (Å²) in [4.78, 5) is 23.8. The van der Waals surface area contributed by atoms with Crippen LogP contribution in [0.15, 0.2) is 30.3 Å². The summed E-state index contributed by atoms with van der Waals surface area (Å²) >= 11 is 0. The number of nitrogens with one attached hydrogen (secondary N) is 2. The van der Waals surface area contributed by atoms with Gasteiger partial charge in [-0.25, -0.2) is 0 Å². The van der Waals surface area contributed by atoms with E-state index < -0.39 is 6.04 Å². The van der Waals surface area contributed by atoms with Gasteiger partial charge in [0.15, 0.2) is 0 Å². The largest absolute Gasteiger partial charge is 0.381 e. The first-order valence-corrected chi connectivity index (χ1v) is 7.63. The number of hydrogen-bond acceptors (Lipinski definition) is 4. The molecule has 0 aliphatic carbocycles. The Kier molecular flexibility index (Phi) is 6.36. The van der Waals surface area contributed by atoms with Crippen molar-refractivity contribution in [3.8, 4) is 0 Å². The van der Waals surface area contributed by atoms with Crippen LogP contribution >= 0.6 is 0 Å². The summed E-state index contributed by atoms with van der Waals surface area (Å²) in [6.07, 6.45) is 1.64. The van der Waals surface area contributed by atoms with E-state index in [2.05, 4.69) is 10.6 Å². The van der Waals surface area contributed by atoms with E-state index in [0.717, 1.165) is 12.8 Å². The fourth-order valence-electron chi connectivity index (χ4n) is 2.46. The summed E-state index contributed by atoms with van der Waals surface area (Å²) in [6.45, 7) is 2.08. The number of carbonyl (C=O) groups is 2. The van der Waals surface area contributed by atoms with Gasteiger partial charge in [-0.3, -0.25) is 9.59 Å². The fraction of sp³-hybridized carbons (Fsp3) is 0.500. The van der Waals surface area contributed by atoms with Gasteiger partial charge < -0.3 is 21.1 Å². The van der Waals surface area contributed by atoms with Crippen molar-refractivity contribution in [1.29, 1.82) is 0 Å². The molecule has 1 aromatic rings. The first kappa shape index (κ1) is 16.5. The smallest absolute Gasteiger partial charge is 0.251 e. The predicted octanol–water partition coefficient (Wildman–Crippen LogP) is 0.286. The van der Waals surface area contributed by atoms with Crippen LogP contribution in [0.2, 0.25) is 0 Å². The van der Waals surface area contributed by atoms with Crippen LogP contribution in [0.3, 0.4) is 0 Å². The molecule has 6 heteroatoms. The molecule has 1 aliphatic heterocycles. The summed E-state index contributed by atoms with van der Waals surface area (Å²) in [5.41, 5.74) is 6.57. The maximum atomic E-state index is 12.0. The van der Waals surface area contributed by atoms with Gasteiger partial charge in [0, 0.05) is 31.9 Å². The second-order valence-corrected chi connectivity index (χ2v) is 5.39. The molecule has 0 aromatic heterocycles. The topological polar surface area (TPSA) is 93.5 Å². The standard InChI is InChI=1S/C16H23N3O3/c17-14(12-6-10-22-11-7-12)16(21)19-9-8-18-15(20)13-4-2-1-3-5-13/h1-5,12,14H,6-11,17H2,(H,18,20)(H,19,21). The van der Waals surface area contributed by atoms with Crippen LogP contribution in [-0.4, -0.2) is 44.2 Å². The lowest BCUT2D eigenvalue weighted by Crippen LogP contribution is -2.48. The Labute approximate surface area is 130 Å². The SMILES string of the molecule is NC(C(=O)NCCNC(=O)c1ccccc1)C1CCOCC1. The van der Waals surface area contributed by atoms with E-state index >= 15 is 0 Å². The molecule has 1 unspecified atom stereocenters. The molecule has 1 fully saturated rings. The summed E-state index contributed by atoms with van der Waals surface area (Å²) < 4.78 is 5.26. The molecule has 0 spiro atoms. The average molecular weight is 305 g/mol. The van der Waals surface area contributed by atoms with Gasteiger partial charge in [-0.15, -0.1) is 0 Å². The second-order valence-electron chi connectivity index (χ2n) is 5.39. The van der Waals surface area contributed by atoms with Gasteiger partial charge in [0.1, 0.15) is 0 Å². The lowest BCUT2D eigenvalue weighted by Gasteiger charge is -2.26. The summed E-state index contributed by atoms with van der Waals surface area (Å²) in [5.74, 6) is -0.142. The summed E-state index contributed by atoms with van der Waals surface area (Å²) in [5, 5.41) is 5.53. The highest BCUT2D eigenvalue weighted by Crippen LogP contribution is 2.17. The number of rotatable bonds is 6. The molecule has 0 bridgehead atoms. The Bertz CT molecular complexity index is 487. The molecule has 4 N–H and O–H groups in total. The van der Waals surface area contributed by atoms with E-state index in [0.29, 0.717) is 31.9 Å². The Morgan fingerprint density at radius 2 is 1.77 bits per heavy atom. The fourth-order valence-corrected chi connectivity index (χ4v) is 2.46. The molecule has 0 saturated carbocycles. The summed E-state index contributed by atoms with van der Waals surface area (Å²) in [7, 11) is 0. The van der Waals surface area contributed by atoms with Crippen molar-refractivity contribution in [1.82, 2.24) is 10.6 Å². The molecule has 2 amide bonds. The van der Waals surface area contributed by atoms with Gasteiger partial charge in [0.05, 0.1) is 6.04 Å². The zero-order chi connectivity index (χ0) is 15.8. The average Bonchev–Trinajstić information content (AvgIpc) is 2.59. The Hall–Kier alpha value is -1.92. The third-order valence-corrected chi connectivity index (χ3v) is 3.82. The molecule has 1 saturated heterocycles. The van der Waals surface area contributed by atoms with E-state index in [-0.39, 0.29) is 17.7 Å². The van der Waals surface area contributed by atoms with Crippen molar-refractivity contribution < 1.29 is 14.3 Å². The highest BCUT2D eigenvalue weighted by Gasteiger charge is 2.26. The van der Waals surface area contributed by atoms with E-state index in [1.807, 2.05) is 18.2 Å². The minimum Gasteiger partial charge on any atom is -0.381 e. The maximum absolute atomic E-state index is 12.0. The molecule has 120 valence electrons. The third kappa shape index (κ3) is 4.82. The van der Waals surface area contributed by atoms with Crippen molar-refractivity contribution in [3.63, 3.8) is 0 Å². The molecule has 1 heterocycles. The zero-order valence-corrected chi connectivity index (χ0v) is 12.6. The van der Waals surface area contributed by atoms with Gasteiger partial charge in [-0.2, -0.15) is 0 Å². The molecular weight excluding hydrogens is 282 g/mol. The van der Waals surface area contributed by atoms with Crippen LogP contribution in [0.1, 0.15) is 23.2 Å². The van der Waals surface area contributed by atoms with Gasteiger partial charge in [-0.1, -0.05) is 18.2 Å².